The van der Waals surface area contributed by atoms with Crippen LogP contribution in [0.2, 0.25) is 0 Å². The third-order valence-corrected chi connectivity index (χ3v) is 4.98. The molecule has 3 aromatic rings. The van der Waals surface area contributed by atoms with E-state index in [4.69, 9.17) is 9.15 Å². The molecule has 1 N–H and O–H groups in total. The summed E-state index contributed by atoms with van der Waals surface area (Å²) in [6.07, 6.45) is 4.32. The zero-order valence-electron chi connectivity index (χ0n) is 15.6. The smallest absolute Gasteiger partial charge is 0.294 e. The van der Waals surface area contributed by atoms with Crippen LogP contribution in [0.4, 0.5) is 0 Å². The van der Waals surface area contributed by atoms with Crippen LogP contribution < -0.4 is 10.9 Å². The normalized spacial score (nSPS) is 16.9. The maximum absolute atomic E-state index is 12.7. The van der Waals surface area contributed by atoms with Crippen molar-refractivity contribution < 1.29 is 13.9 Å². The van der Waals surface area contributed by atoms with E-state index < -0.39 is 0 Å². The van der Waals surface area contributed by atoms with E-state index in [1.807, 2.05) is 19.9 Å². The Morgan fingerprint density at radius 2 is 2.19 bits per heavy atom. The Kier molecular flexibility index (Phi) is 4.35. The molecule has 27 heavy (non-hydrogen) atoms. The minimum absolute atomic E-state index is 0.216. The first kappa shape index (κ1) is 17.5. The third-order valence-electron chi connectivity index (χ3n) is 4.98. The molecule has 0 saturated carbocycles. The fourth-order valence-corrected chi connectivity index (χ4v) is 3.44. The van der Waals surface area contributed by atoms with Crippen LogP contribution in [0.5, 0.6) is 0 Å². The second-order valence-corrected chi connectivity index (χ2v) is 7.00. The van der Waals surface area contributed by atoms with Gasteiger partial charge in [-0.15, -0.1) is 0 Å². The predicted octanol–water partition coefficient (Wildman–Crippen LogP) is 1.68. The quantitative estimate of drug-likeness (QED) is 0.754. The van der Waals surface area contributed by atoms with Gasteiger partial charge >= 0.3 is 0 Å². The number of hydrogen-bond acceptors (Lipinski definition) is 5. The lowest BCUT2D eigenvalue weighted by atomic mass is 10.1. The van der Waals surface area contributed by atoms with E-state index in [1.165, 1.54) is 4.57 Å². The summed E-state index contributed by atoms with van der Waals surface area (Å²) in [5.74, 6) is 1.55. The number of rotatable bonds is 4. The van der Waals surface area contributed by atoms with Crippen molar-refractivity contribution in [2.24, 2.45) is 13.0 Å². The highest BCUT2D eigenvalue weighted by atomic mass is 16.5. The van der Waals surface area contributed by atoms with Gasteiger partial charge in [-0.1, -0.05) is 0 Å². The molecule has 1 aliphatic rings. The standard InChI is InChI=1S/C19H22N4O4/c1-11-6-14(12(2)27-11)16-9-23-8-15(21-17(23)19(25)22(16)3)18(24)20-7-13-4-5-26-10-13/h6,8-9,13H,4-5,7,10H2,1-3H3,(H,20,24)/t13-/m1/s1. The number of fused-ring (bicyclic) bond motifs is 1. The van der Waals surface area contributed by atoms with Gasteiger partial charge in [-0.3, -0.25) is 14.0 Å². The predicted molar refractivity (Wildman–Crippen MR) is 98.9 cm³/mol. The average Bonchev–Trinajstić information content (AvgIpc) is 3.36. The van der Waals surface area contributed by atoms with Crippen LogP contribution in [0, 0.1) is 19.8 Å². The zero-order chi connectivity index (χ0) is 19.1. The number of nitrogens with zero attached hydrogens (tertiary/aromatic N) is 3. The summed E-state index contributed by atoms with van der Waals surface area (Å²) in [7, 11) is 1.69. The van der Waals surface area contributed by atoms with E-state index in [1.54, 1.807) is 23.8 Å². The molecule has 1 amide bonds. The van der Waals surface area contributed by atoms with Gasteiger partial charge in [-0.05, 0) is 26.3 Å². The molecule has 0 bridgehead atoms. The number of amides is 1. The molecule has 3 aromatic heterocycles. The molecule has 0 spiro atoms. The number of furan rings is 1. The number of imidazole rings is 1. The van der Waals surface area contributed by atoms with Crippen molar-refractivity contribution >= 4 is 11.6 Å². The van der Waals surface area contributed by atoms with Gasteiger partial charge in [0.2, 0.25) is 5.65 Å². The van der Waals surface area contributed by atoms with Crippen molar-refractivity contribution in [2.45, 2.75) is 20.3 Å². The number of nitrogens with one attached hydrogen (secondary N) is 1. The summed E-state index contributed by atoms with van der Waals surface area (Å²) in [6.45, 7) is 5.67. The Morgan fingerprint density at radius 3 is 2.85 bits per heavy atom. The maximum Gasteiger partial charge on any atom is 0.294 e. The third kappa shape index (κ3) is 3.16. The van der Waals surface area contributed by atoms with Crippen molar-refractivity contribution in [1.29, 1.82) is 0 Å². The Labute approximate surface area is 155 Å². The van der Waals surface area contributed by atoms with Crippen molar-refractivity contribution in [1.82, 2.24) is 19.3 Å². The lowest BCUT2D eigenvalue weighted by molar-refractivity contribution is 0.0940. The minimum Gasteiger partial charge on any atom is -0.466 e. The van der Waals surface area contributed by atoms with Gasteiger partial charge in [0.1, 0.15) is 17.2 Å². The van der Waals surface area contributed by atoms with Crippen LogP contribution in [-0.4, -0.2) is 39.6 Å². The Hall–Kier alpha value is -2.87. The molecule has 4 rings (SSSR count). The monoisotopic (exact) mass is 370 g/mol. The van der Waals surface area contributed by atoms with Crippen LogP contribution in [-0.2, 0) is 11.8 Å². The number of aryl methyl sites for hydroxylation is 2. The molecular weight excluding hydrogens is 348 g/mol. The molecule has 4 heterocycles. The van der Waals surface area contributed by atoms with Gasteiger partial charge < -0.3 is 19.0 Å². The van der Waals surface area contributed by atoms with Crippen molar-refractivity contribution in [3.8, 4) is 11.3 Å². The summed E-state index contributed by atoms with van der Waals surface area (Å²) in [5.41, 5.74) is 1.72. The molecule has 1 fully saturated rings. The van der Waals surface area contributed by atoms with E-state index in [-0.39, 0.29) is 22.8 Å². The minimum atomic E-state index is -0.287. The van der Waals surface area contributed by atoms with Crippen LogP contribution >= 0.6 is 0 Å². The first-order chi connectivity index (χ1) is 12.9. The topological polar surface area (TPSA) is 90.8 Å². The summed E-state index contributed by atoms with van der Waals surface area (Å²) in [5, 5.41) is 2.88. The Morgan fingerprint density at radius 1 is 1.37 bits per heavy atom. The molecule has 1 aliphatic heterocycles. The van der Waals surface area contributed by atoms with Gasteiger partial charge in [0.25, 0.3) is 11.5 Å². The van der Waals surface area contributed by atoms with E-state index in [0.717, 1.165) is 30.1 Å². The SMILES string of the molecule is Cc1cc(-c2cn3cc(C(=O)NC[C@H]4CCOC4)nc3c(=O)n2C)c(C)o1. The molecular formula is C19H22N4O4. The lowest BCUT2D eigenvalue weighted by Gasteiger charge is -2.07. The van der Waals surface area contributed by atoms with Crippen molar-refractivity contribution in [2.75, 3.05) is 19.8 Å². The van der Waals surface area contributed by atoms with E-state index in [2.05, 4.69) is 10.3 Å². The number of aromatic nitrogens is 3. The first-order valence-electron chi connectivity index (χ1n) is 8.96. The van der Waals surface area contributed by atoms with Gasteiger partial charge in [0.05, 0.1) is 12.3 Å². The highest BCUT2D eigenvalue weighted by Gasteiger charge is 2.20. The summed E-state index contributed by atoms with van der Waals surface area (Å²) in [4.78, 5) is 29.4. The highest BCUT2D eigenvalue weighted by Crippen LogP contribution is 2.25. The van der Waals surface area contributed by atoms with Gasteiger partial charge in [-0.25, -0.2) is 4.98 Å². The van der Waals surface area contributed by atoms with E-state index >= 15 is 0 Å². The molecule has 0 radical (unpaired) electrons. The Balaban J connectivity index is 1.67. The largest absolute Gasteiger partial charge is 0.466 e. The van der Waals surface area contributed by atoms with Crippen LogP contribution in [0.25, 0.3) is 16.9 Å². The fraction of sp³-hybridized carbons (Fsp3) is 0.421. The van der Waals surface area contributed by atoms with Crippen LogP contribution in [0.3, 0.4) is 0 Å². The molecule has 8 heteroatoms. The summed E-state index contributed by atoms with van der Waals surface area (Å²) >= 11 is 0. The molecule has 0 aromatic carbocycles. The second kappa shape index (κ2) is 6.70. The van der Waals surface area contributed by atoms with Crippen LogP contribution in [0.15, 0.2) is 27.7 Å². The van der Waals surface area contributed by atoms with Gasteiger partial charge in [0, 0.05) is 44.1 Å². The average molecular weight is 370 g/mol. The van der Waals surface area contributed by atoms with E-state index in [9.17, 15) is 9.59 Å². The molecule has 142 valence electrons. The Bertz CT molecular complexity index is 1070. The fourth-order valence-electron chi connectivity index (χ4n) is 3.44. The molecule has 1 atom stereocenters. The first-order valence-corrected chi connectivity index (χ1v) is 8.96. The lowest BCUT2D eigenvalue weighted by Crippen LogP contribution is -2.29. The number of carbonyl (C=O) groups is 1. The highest BCUT2D eigenvalue weighted by molar-refractivity contribution is 5.92. The van der Waals surface area contributed by atoms with Gasteiger partial charge in [0.15, 0.2) is 0 Å². The number of carbonyl (C=O) groups excluding carboxylic acids is 1. The van der Waals surface area contributed by atoms with E-state index in [0.29, 0.717) is 24.8 Å². The van der Waals surface area contributed by atoms with Gasteiger partial charge in [-0.2, -0.15) is 0 Å². The van der Waals surface area contributed by atoms with Crippen molar-refractivity contribution in [3.63, 3.8) is 0 Å². The molecule has 8 nitrogen and oxygen atoms in total. The zero-order valence-corrected chi connectivity index (χ0v) is 15.6. The maximum atomic E-state index is 12.7. The molecule has 0 aliphatic carbocycles. The summed E-state index contributed by atoms with van der Waals surface area (Å²) < 4.78 is 14.0. The van der Waals surface area contributed by atoms with Crippen molar-refractivity contribution in [3.05, 3.63) is 46.0 Å². The molecule has 1 saturated heterocycles. The number of hydrogen-bond donors (Lipinski definition) is 1. The molecule has 0 unspecified atom stereocenters. The summed E-state index contributed by atoms with van der Waals surface area (Å²) in [6, 6.07) is 1.89. The number of ether oxygens (including phenoxy) is 1. The second-order valence-electron chi connectivity index (χ2n) is 7.00. The van der Waals surface area contributed by atoms with Crippen LogP contribution in [0.1, 0.15) is 28.4 Å².